The molecule has 0 fully saturated rings. The Morgan fingerprint density at radius 2 is 2.33 bits per heavy atom. The molecule has 82 valence electrons. The zero-order valence-electron chi connectivity index (χ0n) is 7.99. The first-order valence-corrected chi connectivity index (χ1v) is 5.91. The molecule has 0 aliphatic rings. The first-order chi connectivity index (χ1) is 7.00. The molecule has 1 atom stereocenters. The highest BCUT2D eigenvalue weighted by atomic mass is 79.9. The second kappa shape index (κ2) is 5.39. The lowest BCUT2D eigenvalue weighted by Crippen LogP contribution is -2.37. The minimum atomic E-state index is -0.970. The first-order valence-electron chi connectivity index (χ1n) is 4.24. The lowest BCUT2D eigenvalue weighted by molar-refractivity contribution is -0.136. The topological polar surface area (TPSA) is 66.4 Å². The maximum Gasteiger partial charge on any atom is 0.317 e. The number of ketones is 1. The molecule has 1 aromatic heterocycles. The Kier molecular flexibility index (Phi) is 4.44. The molecule has 0 bridgehead atoms. The number of hydrogen-bond donors (Lipinski definition) is 2. The molecule has 4 nitrogen and oxygen atoms in total. The summed E-state index contributed by atoms with van der Waals surface area (Å²) in [6.07, 6.45) is 0. The van der Waals surface area contributed by atoms with Crippen LogP contribution in [0.15, 0.2) is 15.9 Å². The van der Waals surface area contributed by atoms with Crippen LogP contribution < -0.4 is 5.32 Å². The molecular weight excluding hydrogens is 282 g/mol. The summed E-state index contributed by atoms with van der Waals surface area (Å²) in [5.41, 5.74) is 0. The Bertz CT molecular complexity index is 377. The zero-order chi connectivity index (χ0) is 11.4. The highest BCUT2D eigenvalue weighted by Crippen LogP contribution is 2.20. The summed E-state index contributed by atoms with van der Waals surface area (Å²) in [7, 11) is 0. The molecule has 1 unspecified atom stereocenters. The number of halogens is 1. The standard InChI is InChI=1S/C9H10BrNO3S/c1-5(11-3-8(12)13)9(14)7-2-6(10)4-15-7/h2,4-5,11H,3H2,1H3,(H,12,13). The Morgan fingerprint density at radius 3 is 2.80 bits per heavy atom. The van der Waals surface area contributed by atoms with E-state index in [1.54, 1.807) is 13.0 Å². The van der Waals surface area contributed by atoms with E-state index in [1.165, 1.54) is 11.3 Å². The van der Waals surface area contributed by atoms with Crippen molar-refractivity contribution in [3.8, 4) is 0 Å². The smallest absolute Gasteiger partial charge is 0.317 e. The number of rotatable bonds is 5. The third-order valence-electron chi connectivity index (χ3n) is 1.76. The summed E-state index contributed by atoms with van der Waals surface area (Å²) in [4.78, 5) is 22.6. The van der Waals surface area contributed by atoms with E-state index < -0.39 is 12.0 Å². The van der Waals surface area contributed by atoms with Gasteiger partial charge in [0, 0.05) is 9.85 Å². The van der Waals surface area contributed by atoms with Crippen molar-refractivity contribution >= 4 is 39.0 Å². The van der Waals surface area contributed by atoms with E-state index in [1.807, 2.05) is 5.38 Å². The highest BCUT2D eigenvalue weighted by Gasteiger charge is 2.16. The van der Waals surface area contributed by atoms with Crippen LogP contribution in [0.5, 0.6) is 0 Å². The summed E-state index contributed by atoms with van der Waals surface area (Å²) in [5.74, 6) is -1.06. The molecule has 1 rings (SSSR count). The number of nitrogens with one attached hydrogen (secondary N) is 1. The summed E-state index contributed by atoms with van der Waals surface area (Å²) >= 11 is 4.59. The number of aliphatic carboxylic acids is 1. The maximum absolute atomic E-state index is 11.7. The average Bonchev–Trinajstić information content (AvgIpc) is 2.60. The minimum Gasteiger partial charge on any atom is -0.480 e. The minimum absolute atomic E-state index is 0.0908. The number of carbonyl (C=O) groups is 2. The Hall–Kier alpha value is -0.720. The van der Waals surface area contributed by atoms with Gasteiger partial charge in [-0.25, -0.2) is 0 Å². The first kappa shape index (κ1) is 12.4. The number of carboxylic acids is 1. The third-order valence-corrected chi connectivity index (χ3v) is 3.47. The van der Waals surface area contributed by atoms with E-state index in [0.717, 1.165) is 4.47 Å². The van der Waals surface area contributed by atoms with Crippen LogP contribution in [0.1, 0.15) is 16.6 Å². The van der Waals surface area contributed by atoms with Gasteiger partial charge in [-0.1, -0.05) is 0 Å². The van der Waals surface area contributed by atoms with Gasteiger partial charge in [-0.3, -0.25) is 14.9 Å². The van der Waals surface area contributed by atoms with Gasteiger partial charge in [-0.15, -0.1) is 11.3 Å². The normalized spacial score (nSPS) is 12.4. The number of carbonyl (C=O) groups excluding carboxylic acids is 1. The van der Waals surface area contributed by atoms with Crippen LogP contribution in [-0.2, 0) is 4.79 Å². The Labute approximate surface area is 99.4 Å². The van der Waals surface area contributed by atoms with Gasteiger partial charge in [-0.2, -0.15) is 0 Å². The van der Waals surface area contributed by atoms with Crippen molar-refractivity contribution in [2.75, 3.05) is 6.54 Å². The lowest BCUT2D eigenvalue weighted by Gasteiger charge is -2.08. The molecule has 0 radical (unpaired) electrons. The second-order valence-corrected chi connectivity index (χ2v) is 4.82. The van der Waals surface area contributed by atoms with Crippen LogP contribution in [0.3, 0.4) is 0 Å². The number of hydrogen-bond acceptors (Lipinski definition) is 4. The fourth-order valence-electron chi connectivity index (χ4n) is 0.989. The van der Waals surface area contributed by atoms with Crippen molar-refractivity contribution in [1.29, 1.82) is 0 Å². The van der Waals surface area contributed by atoms with Gasteiger partial charge in [0.05, 0.1) is 17.5 Å². The fourth-order valence-corrected chi connectivity index (χ4v) is 2.45. The van der Waals surface area contributed by atoms with Gasteiger partial charge >= 0.3 is 5.97 Å². The van der Waals surface area contributed by atoms with E-state index in [-0.39, 0.29) is 12.3 Å². The zero-order valence-corrected chi connectivity index (χ0v) is 10.4. The number of Topliss-reactive ketones (excluding diaryl/α,β-unsaturated/α-hetero) is 1. The number of carboxylic acid groups (broad SMARTS) is 1. The second-order valence-electron chi connectivity index (χ2n) is 2.99. The summed E-state index contributed by atoms with van der Waals surface area (Å²) in [5, 5.41) is 12.9. The molecule has 0 aliphatic heterocycles. The van der Waals surface area contributed by atoms with Crippen molar-refractivity contribution in [3.63, 3.8) is 0 Å². The molecule has 0 saturated heterocycles. The van der Waals surface area contributed by atoms with Crippen LogP contribution in [0, 0.1) is 0 Å². The van der Waals surface area contributed by atoms with E-state index in [2.05, 4.69) is 21.2 Å². The van der Waals surface area contributed by atoms with Crippen molar-refractivity contribution in [1.82, 2.24) is 5.32 Å². The van der Waals surface area contributed by atoms with Gasteiger partial charge in [0.15, 0.2) is 5.78 Å². The maximum atomic E-state index is 11.7. The van der Waals surface area contributed by atoms with E-state index >= 15 is 0 Å². The predicted octanol–water partition coefficient (Wildman–Crippen LogP) is 1.76. The van der Waals surface area contributed by atoms with E-state index in [9.17, 15) is 9.59 Å². The summed E-state index contributed by atoms with van der Waals surface area (Å²) < 4.78 is 0.862. The Morgan fingerprint density at radius 1 is 1.67 bits per heavy atom. The lowest BCUT2D eigenvalue weighted by atomic mass is 10.2. The molecule has 1 aromatic rings. The van der Waals surface area contributed by atoms with Crippen LogP contribution in [0.2, 0.25) is 0 Å². The van der Waals surface area contributed by atoms with Gasteiger partial charge in [0.1, 0.15) is 0 Å². The van der Waals surface area contributed by atoms with Crippen molar-refractivity contribution < 1.29 is 14.7 Å². The van der Waals surface area contributed by atoms with E-state index in [4.69, 9.17) is 5.11 Å². The largest absolute Gasteiger partial charge is 0.480 e. The molecule has 0 aromatic carbocycles. The quantitative estimate of drug-likeness (QED) is 0.812. The molecule has 0 aliphatic carbocycles. The van der Waals surface area contributed by atoms with E-state index in [0.29, 0.717) is 4.88 Å². The number of thiophene rings is 1. The molecule has 0 amide bonds. The molecular formula is C9H10BrNO3S. The monoisotopic (exact) mass is 291 g/mol. The van der Waals surface area contributed by atoms with Crippen LogP contribution in [-0.4, -0.2) is 29.4 Å². The van der Waals surface area contributed by atoms with Crippen LogP contribution >= 0.6 is 27.3 Å². The molecule has 15 heavy (non-hydrogen) atoms. The van der Waals surface area contributed by atoms with Gasteiger partial charge in [0.25, 0.3) is 0 Å². The van der Waals surface area contributed by atoms with Gasteiger partial charge in [0.2, 0.25) is 0 Å². The fraction of sp³-hybridized carbons (Fsp3) is 0.333. The molecule has 0 spiro atoms. The molecule has 2 N–H and O–H groups in total. The highest BCUT2D eigenvalue weighted by molar-refractivity contribution is 9.10. The molecule has 6 heteroatoms. The molecule has 1 heterocycles. The van der Waals surface area contributed by atoms with Crippen LogP contribution in [0.4, 0.5) is 0 Å². The summed E-state index contributed by atoms with van der Waals surface area (Å²) in [6, 6.07) is 1.25. The van der Waals surface area contributed by atoms with Crippen molar-refractivity contribution in [3.05, 3.63) is 20.8 Å². The third kappa shape index (κ3) is 3.73. The molecule has 0 saturated carbocycles. The van der Waals surface area contributed by atoms with Gasteiger partial charge < -0.3 is 5.11 Å². The predicted molar refractivity (Wildman–Crippen MR) is 61.5 cm³/mol. The van der Waals surface area contributed by atoms with Crippen molar-refractivity contribution in [2.45, 2.75) is 13.0 Å². The van der Waals surface area contributed by atoms with Crippen LogP contribution in [0.25, 0.3) is 0 Å². The Balaban J connectivity index is 2.57. The summed E-state index contributed by atoms with van der Waals surface area (Å²) in [6.45, 7) is 1.44. The SMILES string of the molecule is CC(NCC(=O)O)C(=O)c1cc(Br)cs1. The van der Waals surface area contributed by atoms with Gasteiger partial charge in [-0.05, 0) is 28.9 Å². The average molecular weight is 292 g/mol. The van der Waals surface area contributed by atoms with Crippen molar-refractivity contribution in [2.24, 2.45) is 0 Å².